The summed E-state index contributed by atoms with van der Waals surface area (Å²) in [5.41, 5.74) is 0.427. The highest BCUT2D eigenvalue weighted by Gasteiger charge is 2.14. The summed E-state index contributed by atoms with van der Waals surface area (Å²) in [5, 5.41) is 9.55. The van der Waals surface area contributed by atoms with Gasteiger partial charge in [0.1, 0.15) is 5.82 Å². The van der Waals surface area contributed by atoms with Crippen molar-refractivity contribution in [3.05, 3.63) is 29.6 Å². The topological polar surface area (TPSA) is 20.2 Å². The van der Waals surface area contributed by atoms with E-state index in [1.165, 1.54) is 6.07 Å². The summed E-state index contributed by atoms with van der Waals surface area (Å²) in [7, 11) is 0. The Balaban J connectivity index is 2.83. The van der Waals surface area contributed by atoms with Crippen LogP contribution in [-0.2, 0) is 0 Å². The van der Waals surface area contributed by atoms with Crippen LogP contribution in [-0.4, -0.2) is 10.9 Å². The predicted molar refractivity (Wildman–Crippen MR) is 67.2 cm³/mol. The van der Waals surface area contributed by atoms with Crippen LogP contribution in [0.5, 0.6) is 0 Å². The summed E-state index contributed by atoms with van der Waals surface area (Å²) in [5.74, 6) is 1.25. The number of rotatable bonds is 5. The molecule has 1 nitrogen and oxygen atoms in total. The van der Waals surface area contributed by atoms with Crippen molar-refractivity contribution in [2.24, 2.45) is 5.92 Å². The third kappa shape index (κ3) is 3.49. The molecule has 0 amide bonds. The summed E-state index contributed by atoms with van der Waals surface area (Å²) in [6.07, 6.45) is 0.368. The van der Waals surface area contributed by atoms with E-state index in [4.69, 9.17) is 0 Å². The number of aliphatic hydroxyl groups is 1. The van der Waals surface area contributed by atoms with E-state index in [1.807, 2.05) is 6.07 Å². The molecule has 3 heteroatoms. The van der Waals surface area contributed by atoms with Crippen molar-refractivity contribution in [2.75, 3.05) is 5.75 Å². The monoisotopic (exact) mass is 242 g/mol. The zero-order chi connectivity index (χ0) is 12.1. The Bertz CT molecular complexity index is 339. The zero-order valence-corrected chi connectivity index (χ0v) is 10.9. The summed E-state index contributed by atoms with van der Waals surface area (Å²) >= 11 is 1.62. The first kappa shape index (κ1) is 13.5. The summed E-state index contributed by atoms with van der Waals surface area (Å²) in [6, 6.07) is 4.97. The fourth-order valence-electron chi connectivity index (χ4n) is 1.40. The van der Waals surface area contributed by atoms with Crippen LogP contribution in [0.4, 0.5) is 4.39 Å². The Morgan fingerprint density at radius 1 is 1.38 bits per heavy atom. The van der Waals surface area contributed by atoms with E-state index >= 15 is 0 Å². The minimum absolute atomic E-state index is 0.316. The molecule has 0 saturated heterocycles. The molecule has 0 fully saturated rings. The van der Waals surface area contributed by atoms with Gasteiger partial charge in [-0.1, -0.05) is 26.3 Å². The number of aliphatic hydroxyl groups excluding tert-OH is 1. The largest absolute Gasteiger partial charge is 0.389 e. The second kappa shape index (κ2) is 6.26. The number of benzene rings is 1. The Morgan fingerprint density at radius 3 is 2.62 bits per heavy atom. The SMILES string of the molecule is CCC(C)CSc1cccc(F)c1C(C)O. The van der Waals surface area contributed by atoms with Gasteiger partial charge >= 0.3 is 0 Å². The van der Waals surface area contributed by atoms with E-state index in [0.717, 1.165) is 17.1 Å². The molecule has 2 atom stereocenters. The second-order valence-electron chi connectivity index (χ2n) is 4.15. The lowest BCUT2D eigenvalue weighted by Crippen LogP contribution is -2.01. The first-order chi connectivity index (χ1) is 7.56. The zero-order valence-electron chi connectivity index (χ0n) is 10.0. The highest BCUT2D eigenvalue weighted by Crippen LogP contribution is 2.31. The van der Waals surface area contributed by atoms with Crippen LogP contribution < -0.4 is 0 Å². The maximum atomic E-state index is 13.5. The molecule has 0 aliphatic carbocycles. The number of hydrogen-bond donors (Lipinski definition) is 1. The molecule has 0 aliphatic heterocycles. The third-order valence-electron chi connectivity index (χ3n) is 2.65. The van der Waals surface area contributed by atoms with Crippen molar-refractivity contribution in [1.82, 2.24) is 0 Å². The lowest BCUT2D eigenvalue weighted by molar-refractivity contribution is 0.191. The van der Waals surface area contributed by atoms with Crippen molar-refractivity contribution in [3.8, 4) is 0 Å². The minimum atomic E-state index is -0.749. The average Bonchev–Trinajstić information content (AvgIpc) is 2.25. The molecule has 1 rings (SSSR count). The first-order valence-corrected chi connectivity index (χ1v) is 6.64. The van der Waals surface area contributed by atoms with Crippen LogP contribution in [0.3, 0.4) is 0 Å². The van der Waals surface area contributed by atoms with Gasteiger partial charge < -0.3 is 5.11 Å². The van der Waals surface area contributed by atoms with Gasteiger partial charge in [0.25, 0.3) is 0 Å². The number of thioether (sulfide) groups is 1. The molecule has 0 aromatic heterocycles. The quantitative estimate of drug-likeness (QED) is 0.787. The molecule has 2 unspecified atom stereocenters. The van der Waals surface area contributed by atoms with Crippen LogP contribution in [0.15, 0.2) is 23.1 Å². The normalized spacial score (nSPS) is 14.8. The van der Waals surface area contributed by atoms with Gasteiger partial charge in [0, 0.05) is 16.2 Å². The van der Waals surface area contributed by atoms with Gasteiger partial charge in [0.15, 0.2) is 0 Å². The van der Waals surface area contributed by atoms with Crippen molar-refractivity contribution >= 4 is 11.8 Å². The molecule has 90 valence electrons. The fourth-order valence-corrected chi connectivity index (χ4v) is 2.70. The summed E-state index contributed by atoms with van der Waals surface area (Å²) < 4.78 is 13.5. The van der Waals surface area contributed by atoms with Crippen LogP contribution in [0.2, 0.25) is 0 Å². The van der Waals surface area contributed by atoms with Gasteiger partial charge in [-0.25, -0.2) is 4.39 Å². The molecule has 0 heterocycles. The van der Waals surface area contributed by atoms with Gasteiger partial charge in [0.05, 0.1) is 6.10 Å². The van der Waals surface area contributed by atoms with Crippen molar-refractivity contribution in [1.29, 1.82) is 0 Å². The van der Waals surface area contributed by atoms with Gasteiger partial charge in [0.2, 0.25) is 0 Å². The Morgan fingerprint density at radius 2 is 2.06 bits per heavy atom. The van der Waals surface area contributed by atoms with Gasteiger partial charge in [-0.05, 0) is 25.0 Å². The van der Waals surface area contributed by atoms with Gasteiger partial charge in [-0.2, -0.15) is 0 Å². The van der Waals surface area contributed by atoms with Crippen LogP contribution >= 0.6 is 11.8 Å². The molecule has 0 saturated carbocycles. The standard InChI is InChI=1S/C13H19FOS/c1-4-9(2)8-16-12-7-5-6-11(14)13(12)10(3)15/h5-7,9-10,15H,4,8H2,1-3H3. The molecule has 0 radical (unpaired) electrons. The van der Waals surface area contributed by atoms with Crippen molar-refractivity contribution in [3.63, 3.8) is 0 Å². The lowest BCUT2D eigenvalue weighted by atomic mass is 10.1. The number of hydrogen-bond acceptors (Lipinski definition) is 2. The molecule has 1 N–H and O–H groups in total. The van der Waals surface area contributed by atoms with Crippen LogP contribution in [0.25, 0.3) is 0 Å². The molecule has 1 aromatic carbocycles. The van der Waals surface area contributed by atoms with Crippen LogP contribution in [0.1, 0.15) is 38.9 Å². The van der Waals surface area contributed by atoms with E-state index in [1.54, 1.807) is 24.8 Å². The highest BCUT2D eigenvalue weighted by atomic mass is 32.2. The van der Waals surface area contributed by atoms with E-state index in [2.05, 4.69) is 13.8 Å². The molecular weight excluding hydrogens is 223 g/mol. The highest BCUT2D eigenvalue weighted by molar-refractivity contribution is 7.99. The maximum absolute atomic E-state index is 13.5. The summed E-state index contributed by atoms with van der Waals surface area (Å²) in [6.45, 7) is 5.92. The fraction of sp³-hybridized carbons (Fsp3) is 0.538. The molecule has 16 heavy (non-hydrogen) atoms. The maximum Gasteiger partial charge on any atom is 0.130 e. The minimum Gasteiger partial charge on any atom is -0.389 e. The molecule has 1 aromatic rings. The van der Waals surface area contributed by atoms with Gasteiger partial charge in [-0.3, -0.25) is 0 Å². The molecule has 0 aliphatic rings. The van der Waals surface area contributed by atoms with E-state index < -0.39 is 6.10 Å². The van der Waals surface area contributed by atoms with E-state index in [-0.39, 0.29) is 5.82 Å². The van der Waals surface area contributed by atoms with Gasteiger partial charge in [-0.15, -0.1) is 11.8 Å². The Labute approximate surface area is 101 Å². The average molecular weight is 242 g/mol. The molecule has 0 bridgehead atoms. The van der Waals surface area contributed by atoms with Crippen molar-refractivity contribution < 1.29 is 9.50 Å². The van der Waals surface area contributed by atoms with Crippen LogP contribution in [0, 0.1) is 11.7 Å². The Hall–Kier alpha value is -0.540. The Kier molecular flexibility index (Phi) is 5.29. The predicted octanol–water partition coefficient (Wildman–Crippen LogP) is 4.02. The third-order valence-corrected chi connectivity index (χ3v) is 4.05. The first-order valence-electron chi connectivity index (χ1n) is 5.65. The molecular formula is C13H19FOS. The second-order valence-corrected chi connectivity index (χ2v) is 5.21. The van der Waals surface area contributed by atoms with Crippen molar-refractivity contribution in [2.45, 2.75) is 38.2 Å². The smallest absolute Gasteiger partial charge is 0.130 e. The number of halogens is 1. The summed E-state index contributed by atoms with van der Waals surface area (Å²) in [4.78, 5) is 0.857. The van der Waals surface area contributed by atoms with E-state index in [0.29, 0.717) is 11.5 Å². The lowest BCUT2D eigenvalue weighted by Gasteiger charge is -2.14. The molecule has 0 spiro atoms. The van der Waals surface area contributed by atoms with E-state index in [9.17, 15) is 9.50 Å².